The standard InChI is InChI=1S/C22H20ClFN6O2S/c1-2-32-19-10-18-16(9-17(19)24)20(28-12-27-18)25-7-6-15-11-26-22(33-15)30-21(31)29-14-5-3-4-13(23)8-14/h3-5,8-12H,2,6-7H2,1H3,(H,25,27,28)(H2,26,29,30,31). The highest BCUT2D eigenvalue weighted by Gasteiger charge is 2.11. The Morgan fingerprint density at radius 2 is 2.06 bits per heavy atom. The van der Waals surface area contributed by atoms with Crippen molar-refractivity contribution >= 4 is 56.5 Å². The SMILES string of the molecule is CCOc1cc2ncnc(NCCc3cnc(NC(=O)Nc4cccc(Cl)c4)s3)c2cc1F. The normalized spacial score (nSPS) is 10.8. The first kappa shape index (κ1) is 22.7. The van der Waals surface area contributed by atoms with E-state index in [9.17, 15) is 9.18 Å². The second kappa shape index (κ2) is 10.4. The Morgan fingerprint density at radius 1 is 1.18 bits per heavy atom. The summed E-state index contributed by atoms with van der Waals surface area (Å²) >= 11 is 7.29. The first-order valence-corrected chi connectivity index (χ1v) is 11.3. The molecule has 2 amide bonds. The molecule has 33 heavy (non-hydrogen) atoms. The van der Waals surface area contributed by atoms with Crippen LogP contribution in [0.4, 0.5) is 25.8 Å². The van der Waals surface area contributed by atoms with Gasteiger partial charge in [0.2, 0.25) is 0 Å². The Labute approximate surface area is 198 Å². The maximum atomic E-state index is 14.3. The van der Waals surface area contributed by atoms with Gasteiger partial charge in [0.05, 0.1) is 12.1 Å². The van der Waals surface area contributed by atoms with Crippen LogP contribution in [0.3, 0.4) is 0 Å². The number of halogens is 2. The molecule has 2 heterocycles. The van der Waals surface area contributed by atoms with Crippen molar-refractivity contribution in [1.82, 2.24) is 15.0 Å². The number of fused-ring (bicyclic) bond motifs is 1. The minimum absolute atomic E-state index is 0.165. The van der Waals surface area contributed by atoms with E-state index in [1.54, 1.807) is 43.5 Å². The molecule has 0 fully saturated rings. The average molecular weight is 487 g/mol. The molecule has 0 saturated carbocycles. The number of ether oxygens (including phenoxy) is 1. The van der Waals surface area contributed by atoms with Crippen molar-refractivity contribution in [3.63, 3.8) is 0 Å². The van der Waals surface area contributed by atoms with Crippen LogP contribution in [-0.2, 0) is 6.42 Å². The summed E-state index contributed by atoms with van der Waals surface area (Å²) in [5.74, 6) is 0.237. The molecule has 2 aromatic heterocycles. The van der Waals surface area contributed by atoms with Crippen LogP contribution >= 0.6 is 22.9 Å². The van der Waals surface area contributed by atoms with Gasteiger partial charge in [-0.2, -0.15) is 0 Å². The number of aromatic nitrogens is 3. The molecule has 11 heteroatoms. The minimum atomic E-state index is -0.462. The van der Waals surface area contributed by atoms with Gasteiger partial charge in [0.15, 0.2) is 16.7 Å². The molecule has 4 aromatic rings. The highest BCUT2D eigenvalue weighted by atomic mass is 35.5. The van der Waals surface area contributed by atoms with Crippen molar-refractivity contribution < 1.29 is 13.9 Å². The van der Waals surface area contributed by atoms with Gasteiger partial charge >= 0.3 is 6.03 Å². The third kappa shape index (κ3) is 5.85. The molecule has 0 bridgehead atoms. The van der Waals surface area contributed by atoms with Crippen LogP contribution in [0.1, 0.15) is 11.8 Å². The molecule has 0 saturated heterocycles. The van der Waals surface area contributed by atoms with E-state index in [2.05, 4.69) is 30.9 Å². The van der Waals surface area contributed by atoms with E-state index >= 15 is 0 Å². The lowest BCUT2D eigenvalue weighted by molar-refractivity contribution is 0.262. The van der Waals surface area contributed by atoms with Gasteiger partial charge in [-0.15, -0.1) is 11.3 Å². The predicted molar refractivity (Wildman–Crippen MR) is 129 cm³/mol. The van der Waals surface area contributed by atoms with E-state index < -0.39 is 11.8 Å². The van der Waals surface area contributed by atoms with Gasteiger partial charge in [-0.25, -0.2) is 24.1 Å². The number of carbonyl (C=O) groups excluding carboxylic acids is 1. The number of hydrogen-bond acceptors (Lipinski definition) is 7. The molecule has 170 valence electrons. The molecule has 3 N–H and O–H groups in total. The van der Waals surface area contributed by atoms with Crippen molar-refractivity contribution in [3.05, 3.63) is 64.6 Å². The zero-order valence-electron chi connectivity index (χ0n) is 17.6. The summed E-state index contributed by atoms with van der Waals surface area (Å²) in [5.41, 5.74) is 1.18. The van der Waals surface area contributed by atoms with Crippen LogP contribution < -0.4 is 20.7 Å². The lowest BCUT2D eigenvalue weighted by Crippen LogP contribution is -2.19. The van der Waals surface area contributed by atoms with Crippen LogP contribution in [0.25, 0.3) is 10.9 Å². The number of urea groups is 1. The zero-order chi connectivity index (χ0) is 23.2. The van der Waals surface area contributed by atoms with E-state index in [4.69, 9.17) is 16.3 Å². The number of amides is 2. The molecule has 0 radical (unpaired) electrons. The second-order valence-corrected chi connectivity index (χ2v) is 8.40. The number of nitrogens with one attached hydrogen (secondary N) is 3. The van der Waals surface area contributed by atoms with Crippen LogP contribution in [0, 0.1) is 5.82 Å². The summed E-state index contributed by atoms with van der Waals surface area (Å²) in [6.45, 7) is 2.70. The fraction of sp³-hybridized carbons (Fsp3) is 0.182. The summed E-state index contributed by atoms with van der Waals surface area (Å²) in [5, 5.41) is 10.2. The molecule has 4 rings (SSSR count). The Bertz CT molecular complexity index is 1280. The van der Waals surface area contributed by atoms with Gasteiger partial charge in [-0.1, -0.05) is 17.7 Å². The summed E-state index contributed by atoms with van der Waals surface area (Å²) in [7, 11) is 0. The molecule has 8 nitrogen and oxygen atoms in total. The molecule has 0 atom stereocenters. The van der Waals surface area contributed by atoms with E-state index in [1.165, 1.54) is 23.7 Å². The number of carbonyl (C=O) groups is 1. The monoisotopic (exact) mass is 486 g/mol. The average Bonchev–Trinajstić information content (AvgIpc) is 3.22. The fourth-order valence-electron chi connectivity index (χ4n) is 3.08. The predicted octanol–water partition coefficient (Wildman–Crippen LogP) is 5.58. The van der Waals surface area contributed by atoms with Crippen molar-refractivity contribution in [3.8, 4) is 5.75 Å². The van der Waals surface area contributed by atoms with Crippen LogP contribution in [0.2, 0.25) is 5.02 Å². The van der Waals surface area contributed by atoms with Crippen LogP contribution in [0.15, 0.2) is 48.9 Å². The third-order valence-electron chi connectivity index (χ3n) is 4.51. The van der Waals surface area contributed by atoms with Crippen molar-refractivity contribution in [2.45, 2.75) is 13.3 Å². The number of hydrogen-bond donors (Lipinski definition) is 3. The first-order valence-electron chi connectivity index (χ1n) is 10.1. The fourth-order valence-corrected chi connectivity index (χ4v) is 4.07. The molecule has 0 spiro atoms. The summed E-state index contributed by atoms with van der Waals surface area (Å²) in [6.07, 6.45) is 3.76. The molecule has 0 aliphatic heterocycles. The minimum Gasteiger partial charge on any atom is -0.491 e. The quantitative estimate of drug-likeness (QED) is 0.301. The van der Waals surface area contributed by atoms with Crippen LogP contribution in [-0.4, -0.2) is 34.1 Å². The molecule has 0 aliphatic rings. The topological polar surface area (TPSA) is 101 Å². The summed E-state index contributed by atoms with van der Waals surface area (Å²) in [6, 6.07) is 9.40. The summed E-state index contributed by atoms with van der Waals surface area (Å²) < 4.78 is 19.6. The van der Waals surface area contributed by atoms with Crippen molar-refractivity contribution in [1.29, 1.82) is 0 Å². The maximum absolute atomic E-state index is 14.3. The maximum Gasteiger partial charge on any atom is 0.325 e. The molecule has 2 aromatic carbocycles. The molecular weight excluding hydrogens is 467 g/mol. The Balaban J connectivity index is 1.34. The van der Waals surface area contributed by atoms with Gasteiger partial charge in [0, 0.05) is 46.2 Å². The molecule has 0 aliphatic carbocycles. The van der Waals surface area contributed by atoms with Gasteiger partial charge in [-0.05, 0) is 31.2 Å². The molecule has 0 unspecified atom stereocenters. The van der Waals surface area contributed by atoms with E-state index in [0.717, 1.165) is 4.88 Å². The van der Waals surface area contributed by atoms with Gasteiger partial charge < -0.3 is 15.4 Å². The highest BCUT2D eigenvalue weighted by molar-refractivity contribution is 7.15. The van der Waals surface area contributed by atoms with Gasteiger partial charge in [0.25, 0.3) is 0 Å². The Hall–Kier alpha value is -3.50. The number of rotatable bonds is 8. The second-order valence-electron chi connectivity index (χ2n) is 6.85. The number of benzene rings is 2. The van der Waals surface area contributed by atoms with Crippen molar-refractivity contribution in [2.75, 3.05) is 29.1 Å². The Kier molecular flexibility index (Phi) is 7.16. The van der Waals surface area contributed by atoms with E-state index in [-0.39, 0.29) is 5.75 Å². The van der Waals surface area contributed by atoms with Gasteiger partial charge in [0.1, 0.15) is 12.1 Å². The number of thiazole rings is 1. The van der Waals surface area contributed by atoms with E-state index in [0.29, 0.717) is 52.1 Å². The van der Waals surface area contributed by atoms with E-state index in [1.807, 2.05) is 0 Å². The van der Waals surface area contributed by atoms with Crippen molar-refractivity contribution in [2.24, 2.45) is 0 Å². The first-order chi connectivity index (χ1) is 16.0. The smallest absolute Gasteiger partial charge is 0.325 e. The highest BCUT2D eigenvalue weighted by Crippen LogP contribution is 2.27. The summed E-state index contributed by atoms with van der Waals surface area (Å²) in [4.78, 5) is 25.8. The number of anilines is 3. The zero-order valence-corrected chi connectivity index (χ0v) is 19.1. The lowest BCUT2D eigenvalue weighted by atomic mass is 10.2. The Morgan fingerprint density at radius 3 is 2.88 bits per heavy atom. The largest absolute Gasteiger partial charge is 0.491 e. The van der Waals surface area contributed by atoms with Crippen LogP contribution in [0.5, 0.6) is 5.75 Å². The van der Waals surface area contributed by atoms with Gasteiger partial charge in [-0.3, -0.25) is 5.32 Å². The molecular formula is C22H20ClFN6O2S. The number of nitrogens with zero attached hydrogens (tertiary/aromatic N) is 3. The lowest BCUT2D eigenvalue weighted by Gasteiger charge is -2.10. The third-order valence-corrected chi connectivity index (χ3v) is 5.72.